The fourth-order valence-electron chi connectivity index (χ4n) is 4.25. The van der Waals surface area contributed by atoms with Gasteiger partial charge in [-0.15, -0.1) is 0 Å². The molecule has 1 atom stereocenters. The summed E-state index contributed by atoms with van der Waals surface area (Å²) in [6.45, 7) is 0.583. The molecule has 1 unspecified atom stereocenters. The lowest BCUT2D eigenvalue weighted by Gasteiger charge is -2.24. The number of nitrogens with two attached hydrogens (primary N) is 2. The third-order valence-corrected chi connectivity index (χ3v) is 7.41. The maximum atomic E-state index is 12.0. The zero-order valence-corrected chi connectivity index (χ0v) is 21.5. The SMILES string of the molecule is CS(=O)(=O)Nc1ccc(-c2nc(-c3cccc(S(N)(=O)=O)c3)nc3c2nc(N)n3C2CCCCO2)cc1. The van der Waals surface area contributed by atoms with E-state index >= 15 is 0 Å². The van der Waals surface area contributed by atoms with Gasteiger partial charge >= 0.3 is 0 Å². The lowest BCUT2D eigenvalue weighted by molar-refractivity contribution is -0.0284. The molecule has 1 aliphatic heterocycles. The maximum Gasteiger partial charge on any atom is 0.238 e. The van der Waals surface area contributed by atoms with Crippen LogP contribution in [0.1, 0.15) is 25.5 Å². The molecule has 0 aliphatic carbocycles. The van der Waals surface area contributed by atoms with E-state index in [1.165, 1.54) is 12.1 Å². The number of benzene rings is 2. The van der Waals surface area contributed by atoms with Crippen molar-refractivity contribution in [3.05, 3.63) is 48.5 Å². The Labute approximate surface area is 213 Å². The normalized spacial score (nSPS) is 16.6. The van der Waals surface area contributed by atoms with Crippen molar-refractivity contribution in [3.63, 3.8) is 0 Å². The van der Waals surface area contributed by atoms with Crippen molar-refractivity contribution in [1.29, 1.82) is 0 Å². The van der Waals surface area contributed by atoms with Gasteiger partial charge in [-0.2, -0.15) is 0 Å². The lowest BCUT2D eigenvalue weighted by Crippen LogP contribution is -2.20. The first-order valence-electron chi connectivity index (χ1n) is 11.4. The second-order valence-corrected chi connectivity index (χ2v) is 12.1. The Bertz CT molecular complexity index is 1700. The largest absolute Gasteiger partial charge is 0.369 e. The molecule has 2 aromatic heterocycles. The Morgan fingerprint density at radius 3 is 2.41 bits per heavy atom. The van der Waals surface area contributed by atoms with Gasteiger partial charge in [-0.25, -0.2) is 36.9 Å². The van der Waals surface area contributed by atoms with Gasteiger partial charge in [0, 0.05) is 23.4 Å². The molecule has 37 heavy (non-hydrogen) atoms. The molecule has 3 heterocycles. The van der Waals surface area contributed by atoms with E-state index in [-0.39, 0.29) is 22.9 Å². The van der Waals surface area contributed by atoms with Crippen LogP contribution in [-0.2, 0) is 24.8 Å². The Kier molecular flexibility index (Phi) is 6.35. The summed E-state index contributed by atoms with van der Waals surface area (Å²) in [6.07, 6.45) is 3.35. The van der Waals surface area contributed by atoms with Gasteiger partial charge in [-0.1, -0.05) is 24.3 Å². The van der Waals surface area contributed by atoms with Gasteiger partial charge in [0.2, 0.25) is 26.0 Å². The van der Waals surface area contributed by atoms with Crippen LogP contribution < -0.4 is 15.6 Å². The van der Waals surface area contributed by atoms with Crippen molar-refractivity contribution in [1.82, 2.24) is 19.5 Å². The lowest BCUT2D eigenvalue weighted by atomic mass is 10.1. The zero-order valence-electron chi connectivity index (χ0n) is 19.8. The number of anilines is 2. The number of hydrogen-bond acceptors (Lipinski definition) is 9. The van der Waals surface area contributed by atoms with Crippen molar-refractivity contribution >= 4 is 42.8 Å². The van der Waals surface area contributed by atoms with E-state index in [0.717, 1.165) is 25.5 Å². The summed E-state index contributed by atoms with van der Waals surface area (Å²) in [5.41, 5.74) is 9.08. The van der Waals surface area contributed by atoms with Gasteiger partial charge in [0.05, 0.1) is 11.2 Å². The first kappa shape index (κ1) is 25.1. The highest BCUT2D eigenvalue weighted by Crippen LogP contribution is 2.35. The highest BCUT2D eigenvalue weighted by atomic mass is 32.2. The molecule has 0 spiro atoms. The third-order valence-electron chi connectivity index (χ3n) is 5.89. The van der Waals surface area contributed by atoms with E-state index in [2.05, 4.69) is 9.71 Å². The number of nitrogen functional groups attached to an aromatic ring is 1. The summed E-state index contributed by atoms with van der Waals surface area (Å²) in [4.78, 5) is 13.9. The minimum Gasteiger partial charge on any atom is -0.369 e. The van der Waals surface area contributed by atoms with Gasteiger partial charge in [0.15, 0.2) is 11.5 Å². The molecule has 4 aromatic rings. The maximum absolute atomic E-state index is 12.0. The van der Waals surface area contributed by atoms with Crippen LogP contribution in [0.2, 0.25) is 0 Å². The molecule has 5 N–H and O–H groups in total. The van der Waals surface area contributed by atoms with Crippen molar-refractivity contribution in [3.8, 4) is 22.6 Å². The molecule has 14 heteroatoms. The van der Waals surface area contributed by atoms with Crippen LogP contribution in [0.5, 0.6) is 0 Å². The van der Waals surface area contributed by atoms with Crippen molar-refractivity contribution in [2.75, 3.05) is 23.3 Å². The van der Waals surface area contributed by atoms with E-state index in [1.54, 1.807) is 41.0 Å². The molecule has 12 nitrogen and oxygen atoms in total. The van der Waals surface area contributed by atoms with Gasteiger partial charge in [0.1, 0.15) is 17.4 Å². The molecule has 194 valence electrons. The number of sulfonamides is 2. The molecule has 2 aromatic carbocycles. The van der Waals surface area contributed by atoms with Gasteiger partial charge in [-0.3, -0.25) is 9.29 Å². The fraction of sp³-hybridized carbons (Fsp3) is 0.261. The Morgan fingerprint density at radius 2 is 1.76 bits per heavy atom. The Hall–Kier alpha value is -3.59. The quantitative estimate of drug-likeness (QED) is 0.328. The van der Waals surface area contributed by atoms with Crippen LogP contribution in [0.4, 0.5) is 11.6 Å². The van der Waals surface area contributed by atoms with Crippen molar-refractivity contribution < 1.29 is 21.6 Å². The minimum absolute atomic E-state index is 0.0740. The van der Waals surface area contributed by atoms with E-state index in [1.807, 2.05) is 0 Å². The third kappa shape index (κ3) is 5.27. The summed E-state index contributed by atoms with van der Waals surface area (Å²) in [5.74, 6) is 0.451. The fourth-order valence-corrected chi connectivity index (χ4v) is 5.38. The summed E-state index contributed by atoms with van der Waals surface area (Å²) in [6, 6.07) is 12.7. The van der Waals surface area contributed by atoms with Gasteiger partial charge < -0.3 is 10.5 Å². The molecule has 1 saturated heterocycles. The average molecular weight is 544 g/mol. The first-order valence-corrected chi connectivity index (χ1v) is 14.8. The van der Waals surface area contributed by atoms with E-state index in [9.17, 15) is 16.8 Å². The molecule has 0 saturated carbocycles. The summed E-state index contributed by atoms with van der Waals surface area (Å²) < 4.78 is 57.2. The number of nitrogens with one attached hydrogen (secondary N) is 1. The van der Waals surface area contributed by atoms with E-state index in [4.69, 9.17) is 25.6 Å². The predicted molar refractivity (Wildman–Crippen MR) is 139 cm³/mol. The number of fused-ring (bicyclic) bond motifs is 1. The number of ether oxygens (including phenoxy) is 1. The summed E-state index contributed by atoms with van der Waals surface area (Å²) >= 11 is 0. The number of hydrogen-bond donors (Lipinski definition) is 3. The van der Waals surface area contributed by atoms with E-state index in [0.29, 0.717) is 40.3 Å². The van der Waals surface area contributed by atoms with Crippen LogP contribution >= 0.6 is 0 Å². The molecular formula is C23H25N7O5S2. The molecular weight excluding hydrogens is 518 g/mol. The van der Waals surface area contributed by atoms with E-state index < -0.39 is 20.0 Å². The zero-order chi connectivity index (χ0) is 26.4. The molecule has 0 amide bonds. The topological polar surface area (TPSA) is 185 Å². The summed E-state index contributed by atoms with van der Waals surface area (Å²) in [5, 5.41) is 5.33. The number of primary sulfonamides is 1. The number of nitrogens with zero attached hydrogens (tertiary/aromatic N) is 4. The van der Waals surface area contributed by atoms with Crippen LogP contribution in [0.15, 0.2) is 53.4 Å². The Balaban J connectivity index is 1.72. The van der Waals surface area contributed by atoms with Crippen LogP contribution in [0, 0.1) is 0 Å². The monoisotopic (exact) mass is 543 g/mol. The predicted octanol–water partition coefficient (Wildman–Crippen LogP) is 2.46. The van der Waals surface area contributed by atoms with Gasteiger partial charge in [0.25, 0.3) is 0 Å². The highest BCUT2D eigenvalue weighted by Gasteiger charge is 2.25. The highest BCUT2D eigenvalue weighted by molar-refractivity contribution is 7.92. The molecule has 0 bridgehead atoms. The Morgan fingerprint density at radius 1 is 1.00 bits per heavy atom. The second kappa shape index (κ2) is 9.37. The standard InChI is InChI=1S/C23H25N7O5S2/c1-36(31,32)29-16-10-8-14(9-11-16)19-20-22(30(23(24)27-20)18-7-2-3-12-35-18)28-21(26-19)15-5-4-6-17(13-15)37(25,33)34/h4-6,8-11,13,18,29H,2-3,7,12H2,1H3,(H2,24,27)(H2,25,33,34). The molecule has 0 radical (unpaired) electrons. The molecule has 1 aliphatic rings. The van der Waals surface area contributed by atoms with Crippen LogP contribution in [0.25, 0.3) is 33.8 Å². The average Bonchev–Trinajstić information content (AvgIpc) is 3.19. The smallest absolute Gasteiger partial charge is 0.238 e. The molecule has 1 fully saturated rings. The minimum atomic E-state index is -3.95. The number of rotatable bonds is 6. The van der Waals surface area contributed by atoms with Crippen molar-refractivity contribution in [2.24, 2.45) is 5.14 Å². The van der Waals surface area contributed by atoms with Crippen LogP contribution in [-0.4, -0.2) is 49.2 Å². The summed E-state index contributed by atoms with van der Waals surface area (Å²) in [7, 11) is -7.39. The number of imidazole rings is 1. The molecule has 5 rings (SSSR count). The van der Waals surface area contributed by atoms with Gasteiger partial charge in [-0.05, 0) is 43.5 Å². The second-order valence-electron chi connectivity index (χ2n) is 8.75. The van der Waals surface area contributed by atoms with Crippen molar-refractivity contribution in [2.45, 2.75) is 30.4 Å². The number of aromatic nitrogens is 4. The first-order chi connectivity index (χ1) is 17.5. The van der Waals surface area contributed by atoms with Crippen LogP contribution in [0.3, 0.4) is 0 Å².